The van der Waals surface area contributed by atoms with Crippen LogP contribution in [0, 0.1) is 6.92 Å². The van der Waals surface area contributed by atoms with Gasteiger partial charge in [0.1, 0.15) is 0 Å². The molecule has 8 heteroatoms. The maximum absolute atomic E-state index is 12.1. The summed E-state index contributed by atoms with van der Waals surface area (Å²) in [5.41, 5.74) is 1.36. The minimum Gasteiger partial charge on any atom is -0.435 e. The lowest BCUT2D eigenvalue weighted by atomic mass is 10.3. The first-order valence-corrected chi connectivity index (χ1v) is 7.65. The molecule has 0 fully saturated rings. The zero-order valence-electron chi connectivity index (χ0n) is 13.4. The number of hydrogen-bond acceptors (Lipinski definition) is 7. The van der Waals surface area contributed by atoms with Gasteiger partial charge in [0.2, 0.25) is 17.5 Å². The lowest BCUT2D eigenvalue weighted by Crippen LogP contribution is -2.26. The van der Waals surface area contributed by atoms with Gasteiger partial charge in [0, 0.05) is 37.3 Å². The van der Waals surface area contributed by atoms with Gasteiger partial charge in [-0.05, 0) is 19.1 Å². The second kappa shape index (κ2) is 7.03. The second-order valence-corrected chi connectivity index (χ2v) is 5.14. The Bertz CT molecular complexity index is 825. The van der Waals surface area contributed by atoms with Crippen LogP contribution in [0.15, 0.2) is 33.5 Å². The summed E-state index contributed by atoms with van der Waals surface area (Å²) in [5, 5.41) is 6.67. The first kappa shape index (κ1) is 15.9. The van der Waals surface area contributed by atoms with E-state index in [1.54, 1.807) is 25.4 Å². The first-order chi connectivity index (χ1) is 11.7. The smallest absolute Gasteiger partial charge is 0.289 e. The van der Waals surface area contributed by atoms with Crippen molar-refractivity contribution in [2.45, 2.75) is 26.7 Å². The molecule has 124 valence electrons. The Morgan fingerprint density at radius 1 is 1.29 bits per heavy atom. The highest BCUT2D eigenvalue weighted by Crippen LogP contribution is 2.14. The van der Waals surface area contributed by atoms with Crippen molar-refractivity contribution in [3.8, 4) is 11.4 Å². The van der Waals surface area contributed by atoms with Crippen LogP contribution in [0.3, 0.4) is 0 Å². The maximum Gasteiger partial charge on any atom is 0.289 e. The van der Waals surface area contributed by atoms with Gasteiger partial charge in [-0.3, -0.25) is 9.78 Å². The van der Waals surface area contributed by atoms with Crippen molar-refractivity contribution in [3.05, 3.63) is 47.8 Å². The van der Waals surface area contributed by atoms with Crippen molar-refractivity contribution in [3.63, 3.8) is 0 Å². The number of rotatable bonds is 6. The summed E-state index contributed by atoms with van der Waals surface area (Å²) in [6.07, 6.45) is 4.41. The molecule has 0 bridgehead atoms. The Morgan fingerprint density at radius 3 is 2.88 bits per heavy atom. The fourth-order valence-electron chi connectivity index (χ4n) is 2.15. The van der Waals surface area contributed by atoms with Crippen LogP contribution >= 0.6 is 0 Å². The molecule has 0 aliphatic heterocycles. The quantitative estimate of drug-likeness (QED) is 0.737. The standard InChI is InChI=1S/C16H17N5O3/c1-3-12-19-10(2)14(23-12)16(22)18-8-6-13-20-15(21-24-13)11-5-4-7-17-9-11/h4-5,7,9H,3,6,8H2,1-2H3,(H,18,22). The molecule has 0 radical (unpaired) electrons. The highest BCUT2D eigenvalue weighted by molar-refractivity contribution is 5.92. The van der Waals surface area contributed by atoms with E-state index < -0.39 is 0 Å². The highest BCUT2D eigenvalue weighted by Gasteiger charge is 2.16. The number of nitrogens with zero attached hydrogens (tertiary/aromatic N) is 4. The molecule has 0 atom stereocenters. The average molecular weight is 327 g/mol. The van der Waals surface area contributed by atoms with Gasteiger partial charge >= 0.3 is 0 Å². The van der Waals surface area contributed by atoms with Crippen molar-refractivity contribution < 1.29 is 13.7 Å². The van der Waals surface area contributed by atoms with E-state index in [9.17, 15) is 4.79 Å². The topological polar surface area (TPSA) is 107 Å². The number of pyridine rings is 1. The number of carbonyl (C=O) groups is 1. The lowest BCUT2D eigenvalue weighted by Gasteiger charge is -2.00. The second-order valence-electron chi connectivity index (χ2n) is 5.14. The van der Waals surface area contributed by atoms with E-state index >= 15 is 0 Å². The molecule has 0 aliphatic carbocycles. The fourth-order valence-corrected chi connectivity index (χ4v) is 2.15. The van der Waals surface area contributed by atoms with E-state index in [2.05, 4.69) is 25.4 Å². The molecule has 3 aromatic rings. The molecule has 1 amide bonds. The molecule has 0 saturated heterocycles. The monoisotopic (exact) mass is 327 g/mol. The number of aromatic nitrogens is 4. The number of carbonyl (C=O) groups excluding carboxylic acids is 1. The summed E-state index contributed by atoms with van der Waals surface area (Å²) >= 11 is 0. The minimum absolute atomic E-state index is 0.244. The summed E-state index contributed by atoms with van der Waals surface area (Å²) in [5.74, 6) is 1.41. The molecule has 0 unspecified atom stereocenters. The number of hydrogen-bond donors (Lipinski definition) is 1. The molecule has 8 nitrogen and oxygen atoms in total. The fraction of sp³-hybridized carbons (Fsp3) is 0.312. The minimum atomic E-state index is -0.299. The third-order valence-corrected chi connectivity index (χ3v) is 3.36. The zero-order valence-corrected chi connectivity index (χ0v) is 13.4. The Hall–Kier alpha value is -3.03. The molecule has 3 heterocycles. The van der Waals surface area contributed by atoms with Gasteiger partial charge in [0.25, 0.3) is 5.91 Å². The molecular formula is C16H17N5O3. The van der Waals surface area contributed by atoms with Gasteiger partial charge in [-0.2, -0.15) is 4.98 Å². The number of nitrogens with one attached hydrogen (secondary N) is 1. The van der Waals surface area contributed by atoms with Crippen molar-refractivity contribution >= 4 is 5.91 Å². The molecular weight excluding hydrogens is 310 g/mol. The summed E-state index contributed by atoms with van der Waals surface area (Å²) in [7, 11) is 0. The van der Waals surface area contributed by atoms with Gasteiger partial charge in [-0.1, -0.05) is 12.1 Å². The van der Waals surface area contributed by atoms with Crippen molar-refractivity contribution in [2.24, 2.45) is 0 Å². The van der Waals surface area contributed by atoms with Crippen molar-refractivity contribution in [1.29, 1.82) is 0 Å². The maximum atomic E-state index is 12.1. The first-order valence-electron chi connectivity index (χ1n) is 7.65. The molecule has 0 spiro atoms. The molecule has 0 aromatic carbocycles. The molecule has 3 aromatic heterocycles. The van der Waals surface area contributed by atoms with Crippen LogP contribution in [-0.4, -0.2) is 32.6 Å². The SMILES string of the molecule is CCc1nc(C)c(C(=O)NCCc2nc(-c3cccnc3)no2)o1. The predicted octanol–water partition coefficient (Wildman–Crippen LogP) is 1.96. The van der Waals surface area contributed by atoms with Crippen molar-refractivity contribution in [2.75, 3.05) is 6.54 Å². The molecule has 0 saturated carbocycles. The Kier molecular flexibility index (Phi) is 4.64. The van der Waals surface area contributed by atoms with Crippen LogP contribution < -0.4 is 5.32 Å². The molecule has 1 N–H and O–H groups in total. The van der Waals surface area contributed by atoms with Crippen LogP contribution in [0.5, 0.6) is 0 Å². The summed E-state index contributed by atoms with van der Waals surface area (Å²) in [6, 6.07) is 3.65. The third kappa shape index (κ3) is 3.48. The predicted molar refractivity (Wildman–Crippen MR) is 84.2 cm³/mol. The van der Waals surface area contributed by atoms with Gasteiger partial charge in [-0.15, -0.1) is 0 Å². The number of amides is 1. The molecule has 3 rings (SSSR count). The highest BCUT2D eigenvalue weighted by atomic mass is 16.5. The van der Waals surface area contributed by atoms with Gasteiger partial charge in [0.05, 0.1) is 5.69 Å². The summed E-state index contributed by atoms with van der Waals surface area (Å²) < 4.78 is 10.6. The normalized spacial score (nSPS) is 10.8. The Balaban J connectivity index is 1.56. The van der Waals surface area contributed by atoms with Crippen LogP contribution in [-0.2, 0) is 12.8 Å². The summed E-state index contributed by atoms with van der Waals surface area (Å²) in [4.78, 5) is 24.6. The Labute approximate surface area is 138 Å². The van der Waals surface area contributed by atoms with E-state index in [1.165, 1.54) is 0 Å². The van der Waals surface area contributed by atoms with E-state index in [1.807, 2.05) is 13.0 Å². The van der Waals surface area contributed by atoms with E-state index in [-0.39, 0.29) is 11.7 Å². The number of aryl methyl sites for hydroxylation is 2. The third-order valence-electron chi connectivity index (χ3n) is 3.36. The van der Waals surface area contributed by atoms with Crippen molar-refractivity contribution in [1.82, 2.24) is 25.4 Å². The van der Waals surface area contributed by atoms with E-state index in [4.69, 9.17) is 8.94 Å². The van der Waals surface area contributed by atoms with E-state index in [0.29, 0.717) is 42.7 Å². The zero-order chi connectivity index (χ0) is 16.9. The van der Waals surface area contributed by atoms with Crippen LogP contribution in [0.25, 0.3) is 11.4 Å². The number of oxazole rings is 1. The average Bonchev–Trinajstić information content (AvgIpc) is 3.22. The van der Waals surface area contributed by atoms with Gasteiger partial charge < -0.3 is 14.3 Å². The van der Waals surface area contributed by atoms with Gasteiger partial charge in [0.15, 0.2) is 5.89 Å². The van der Waals surface area contributed by atoms with E-state index in [0.717, 1.165) is 5.56 Å². The van der Waals surface area contributed by atoms with Crippen LogP contribution in [0.4, 0.5) is 0 Å². The Morgan fingerprint density at radius 2 is 2.17 bits per heavy atom. The lowest BCUT2D eigenvalue weighted by molar-refractivity contribution is 0.0923. The van der Waals surface area contributed by atoms with Crippen LogP contribution in [0.1, 0.15) is 35.0 Å². The largest absolute Gasteiger partial charge is 0.435 e. The molecule has 24 heavy (non-hydrogen) atoms. The van der Waals surface area contributed by atoms with Crippen LogP contribution in [0.2, 0.25) is 0 Å². The molecule has 0 aliphatic rings. The summed E-state index contributed by atoms with van der Waals surface area (Å²) in [6.45, 7) is 4.02. The van der Waals surface area contributed by atoms with Gasteiger partial charge in [-0.25, -0.2) is 4.98 Å².